The lowest BCUT2D eigenvalue weighted by molar-refractivity contribution is 0.475. The van der Waals surface area contributed by atoms with Crippen LogP contribution in [0.3, 0.4) is 0 Å². The van der Waals surface area contributed by atoms with Gasteiger partial charge >= 0.3 is 0 Å². The van der Waals surface area contributed by atoms with E-state index >= 15 is 0 Å². The van der Waals surface area contributed by atoms with Gasteiger partial charge in [-0.05, 0) is 42.2 Å². The van der Waals surface area contributed by atoms with Crippen LogP contribution in [-0.4, -0.2) is 10.1 Å². The van der Waals surface area contributed by atoms with Crippen LogP contribution in [0.5, 0.6) is 5.75 Å². The fourth-order valence-corrected chi connectivity index (χ4v) is 2.61. The first kappa shape index (κ1) is 14.5. The van der Waals surface area contributed by atoms with Gasteiger partial charge in [-0.2, -0.15) is 0 Å². The van der Waals surface area contributed by atoms with Crippen molar-refractivity contribution in [3.63, 3.8) is 0 Å². The van der Waals surface area contributed by atoms with Crippen molar-refractivity contribution in [3.8, 4) is 16.9 Å². The average molecular weight is 295 g/mol. The van der Waals surface area contributed by atoms with E-state index < -0.39 is 5.82 Å². The Labute approximate surface area is 128 Å². The van der Waals surface area contributed by atoms with E-state index in [-0.39, 0.29) is 11.3 Å². The first-order chi connectivity index (χ1) is 10.7. The van der Waals surface area contributed by atoms with Crippen molar-refractivity contribution in [2.75, 3.05) is 0 Å². The summed E-state index contributed by atoms with van der Waals surface area (Å²) >= 11 is 0. The van der Waals surface area contributed by atoms with E-state index in [1.807, 2.05) is 24.3 Å². The van der Waals surface area contributed by atoms with Crippen LogP contribution in [0, 0.1) is 12.7 Å². The molecular formula is C18H16FN2O. The lowest BCUT2D eigenvalue weighted by atomic mass is 9.97. The average Bonchev–Trinajstić information content (AvgIpc) is 2.55. The van der Waals surface area contributed by atoms with Crippen molar-refractivity contribution in [1.29, 1.82) is 0 Å². The number of aromatic nitrogens is 1. The molecule has 0 saturated carbocycles. The Morgan fingerprint density at radius 2 is 1.95 bits per heavy atom. The summed E-state index contributed by atoms with van der Waals surface area (Å²) in [5.41, 5.74) is 8.94. The van der Waals surface area contributed by atoms with Gasteiger partial charge in [0.1, 0.15) is 17.1 Å². The summed E-state index contributed by atoms with van der Waals surface area (Å²) in [6.45, 7) is 4.10. The number of nitrogens with zero attached hydrogens (tertiary/aromatic N) is 1. The summed E-state index contributed by atoms with van der Waals surface area (Å²) in [6, 6.07) is 10.7. The molecule has 3 nitrogen and oxygen atoms in total. The lowest BCUT2D eigenvalue weighted by Crippen LogP contribution is -1.99. The molecule has 0 unspecified atom stereocenters. The van der Waals surface area contributed by atoms with E-state index in [0.717, 1.165) is 11.1 Å². The van der Waals surface area contributed by atoms with E-state index in [4.69, 9.17) is 5.73 Å². The van der Waals surface area contributed by atoms with Crippen LogP contribution in [0.4, 0.5) is 4.39 Å². The van der Waals surface area contributed by atoms with Gasteiger partial charge in [0.25, 0.3) is 0 Å². The van der Waals surface area contributed by atoms with Crippen molar-refractivity contribution in [1.82, 2.24) is 4.98 Å². The quantitative estimate of drug-likeness (QED) is 0.776. The molecule has 0 spiro atoms. The third-order valence-electron chi connectivity index (χ3n) is 3.79. The van der Waals surface area contributed by atoms with E-state index in [1.54, 1.807) is 6.07 Å². The van der Waals surface area contributed by atoms with E-state index in [9.17, 15) is 9.50 Å². The molecule has 0 amide bonds. The second kappa shape index (κ2) is 5.73. The molecule has 0 atom stereocenters. The minimum absolute atomic E-state index is 0.0333. The monoisotopic (exact) mass is 295 g/mol. The van der Waals surface area contributed by atoms with Gasteiger partial charge in [-0.15, -0.1) is 0 Å². The van der Waals surface area contributed by atoms with Crippen molar-refractivity contribution in [3.05, 3.63) is 66.5 Å². The summed E-state index contributed by atoms with van der Waals surface area (Å²) in [5, 5.41) is 10.7. The summed E-state index contributed by atoms with van der Waals surface area (Å²) < 4.78 is 14.4. The van der Waals surface area contributed by atoms with Crippen LogP contribution in [0.1, 0.15) is 11.1 Å². The third kappa shape index (κ3) is 2.31. The van der Waals surface area contributed by atoms with Gasteiger partial charge in [0.2, 0.25) is 0 Å². The second-order valence-corrected chi connectivity index (χ2v) is 5.10. The number of hydrogen-bond acceptors (Lipinski definition) is 3. The SMILES string of the molecule is [CH2]Cc1cnc2c(F)cc(-c3ccccc3CN)cc2c1O. The molecule has 4 heteroatoms. The molecule has 0 aliphatic rings. The minimum Gasteiger partial charge on any atom is -0.507 e. The number of fused-ring (bicyclic) bond motifs is 1. The van der Waals surface area contributed by atoms with Crippen LogP contribution >= 0.6 is 0 Å². The topological polar surface area (TPSA) is 59.1 Å². The molecule has 22 heavy (non-hydrogen) atoms. The third-order valence-corrected chi connectivity index (χ3v) is 3.79. The standard InChI is InChI=1S/C18H16FN2O/c1-2-11-10-21-17-15(18(11)22)7-13(8-16(17)19)14-6-4-3-5-12(14)9-20/h3-8,10H,1-2,9,20H2,(H,21,22). The molecule has 3 aromatic rings. The number of pyridine rings is 1. The van der Waals surface area contributed by atoms with Gasteiger partial charge < -0.3 is 10.8 Å². The minimum atomic E-state index is -0.467. The molecule has 3 rings (SSSR count). The Hall–Kier alpha value is -2.46. The summed E-state index contributed by atoms with van der Waals surface area (Å²) in [4.78, 5) is 4.09. The van der Waals surface area contributed by atoms with Gasteiger partial charge in [0, 0.05) is 23.7 Å². The molecule has 111 valence electrons. The van der Waals surface area contributed by atoms with E-state index in [1.165, 1.54) is 12.3 Å². The Morgan fingerprint density at radius 1 is 1.18 bits per heavy atom. The van der Waals surface area contributed by atoms with Crippen molar-refractivity contribution >= 4 is 10.9 Å². The highest BCUT2D eigenvalue weighted by Crippen LogP contribution is 2.34. The van der Waals surface area contributed by atoms with Crippen LogP contribution in [0.2, 0.25) is 0 Å². The maximum atomic E-state index is 14.4. The largest absolute Gasteiger partial charge is 0.507 e. The zero-order chi connectivity index (χ0) is 15.7. The number of aromatic hydroxyl groups is 1. The van der Waals surface area contributed by atoms with Gasteiger partial charge in [-0.1, -0.05) is 24.3 Å². The van der Waals surface area contributed by atoms with Gasteiger partial charge in [0.15, 0.2) is 0 Å². The normalized spacial score (nSPS) is 11.0. The molecule has 0 aliphatic carbocycles. The smallest absolute Gasteiger partial charge is 0.150 e. The van der Waals surface area contributed by atoms with Gasteiger partial charge in [-0.25, -0.2) is 4.39 Å². The molecule has 0 aliphatic heterocycles. The first-order valence-corrected chi connectivity index (χ1v) is 7.03. The van der Waals surface area contributed by atoms with Crippen molar-refractivity contribution < 1.29 is 9.50 Å². The first-order valence-electron chi connectivity index (χ1n) is 7.03. The molecule has 2 aromatic carbocycles. The van der Waals surface area contributed by atoms with Gasteiger partial charge in [0.05, 0.1) is 0 Å². The Kier molecular flexibility index (Phi) is 3.77. The predicted molar refractivity (Wildman–Crippen MR) is 85.8 cm³/mol. The fraction of sp³-hybridized carbons (Fsp3) is 0.111. The number of nitrogens with two attached hydrogens (primary N) is 1. The summed E-state index contributed by atoms with van der Waals surface area (Å²) in [6.07, 6.45) is 1.85. The second-order valence-electron chi connectivity index (χ2n) is 5.10. The van der Waals surface area contributed by atoms with Crippen LogP contribution in [-0.2, 0) is 13.0 Å². The van der Waals surface area contributed by atoms with Crippen molar-refractivity contribution in [2.45, 2.75) is 13.0 Å². The molecule has 3 N–H and O–H groups in total. The number of rotatable bonds is 3. The number of benzene rings is 2. The maximum absolute atomic E-state index is 14.4. The van der Waals surface area contributed by atoms with E-state index in [2.05, 4.69) is 11.9 Å². The Bertz CT molecular complexity index is 846. The Morgan fingerprint density at radius 3 is 2.68 bits per heavy atom. The predicted octanol–water partition coefficient (Wildman–Crippen LogP) is 3.58. The molecule has 0 bridgehead atoms. The molecular weight excluding hydrogens is 279 g/mol. The summed E-state index contributed by atoms with van der Waals surface area (Å²) in [7, 11) is 0. The van der Waals surface area contributed by atoms with Crippen molar-refractivity contribution in [2.24, 2.45) is 5.73 Å². The molecule has 1 heterocycles. The molecule has 0 saturated heterocycles. The Balaban J connectivity index is 2.30. The zero-order valence-electron chi connectivity index (χ0n) is 12.0. The zero-order valence-corrected chi connectivity index (χ0v) is 12.0. The molecule has 1 radical (unpaired) electrons. The highest BCUT2D eigenvalue weighted by Gasteiger charge is 2.13. The number of halogens is 1. The highest BCUT2D eigenvalue weighted by molar-refractivity contribution is 5.91. The van der Waals surface area contributed by atoms with Crippen LogP contribution < -0.4 is 5.73 Å². The highest BCUT2D eigenvalue weighted by atomic mass is 19.1. The maximum Gasteiger partial charge on any atom is 0.150 e. The summed E-state index contributed by atoms with van der Waals surface area (Å²) in [5.74, 6) is -0.434. The molecule has 1 aromatic heterocycles. The van der Waals surface area contributed by atoms with Crippen LogP contribution in [0.25, 0.3) is 22.0 Å². The van der Waals surface area contributed by atoms with Gasteiger partial charge in [-0.3, -0.25) is 4.98 Å². The van der Waals surface area contributed by atoms with E-state index in [0.29, 0.717) is 29.5 Å². The molecule has 0 fully saturated rings. The lowest BCUT2D eigenvalue weighted by Gasteiger charge is -2.11. The number of hydrogen-bond donors (Lipinski definition) is 2. The van der Waals surface area contributed by atoms with Crippen LogP contribution in [0.15, 0.2) is 42.6 Å². The fourth-order valence-electron chi connectivity index (χ4n) is 2.61.